The highest BCUT2D eigenvalue weighted by atomic mass is 16.6. The van der Waals surface area contributed by atoms with Crippen LogP contribution in [-0.2, 0) is 21.5 Å². The standard InChI is InChI=1S/C28H34N4O4/c1-21(2)28(20-29,23-9-4-3-5-10-23)17-7-6-12-26(33)31-18-8-11-25(31)27(34)30-19-22-13-15-24(16-14-22)32(35)36/h3-5,9-10,13-16,21,25H,6-8,11-12,17-19H2,1-2H3,(H,30,34)/t25-,28?/m1/s1. The molecule has 1 aliphatic heterocycles. The second-order valence-corrected chi connectivity index (χ2v) is 9.70. The lowest BCUT2D eigenvalue weighted by molar-refractivity contribution is -0.384. The van der Waals surface area contributed by atoms with Crippen LogP contribution in [0.5, 0.6) is 0 Å². The average molecular weight is 491 g/mol. The molecule has 190 valence electrons. The number of carbonyl (C=O) groups is 2. The van der Waals surface area contributed by atoms with Crippen LogP contribution >= 0.6 is 0 Å². The molecule has 2 atom stereocenters. The molecule has 0 aliphatic carbocycles. The molecule has 1 unspecified atom stereocenters. The van der Waals surface area contributed by atoms with Crippen LogP contribution in [0.2, 0.25) is 0 Å². The van der Waals surface area contributed by atoms with Crippen molar-refractivity contribution in [3.8, 4) is 6.07 Å². The minimum absolute atomic E-state index is 0.00168. The highest BCUT2D eigenvalue weighted by Crippen LogP contribution is 2.37. The third-order valence-corrected chi connectivity index (χ3v) is 7.18. The van der Waals surface area contributed by atoms with Gasteiger partial charge in [0.05, 0.1) is 16.4 Å². The molecule has 36 heavy (non-hydrogen) atoms. The normalized spacial score (nSPS) is 16.8. The lowest BCUT2D eigenvalue weighted by Crippen LogP contribution is -2.45. The first-order chi connectivity index (χ1) is 17.3. The minimum Gasteiger partial charge on any atom is -0.350 e. The Kier molecular flexibility index (Phi) is 9.18. The maximum absolute atomic E-state index is 13.0. The van der Waals surface area contributed by atoms with Crippen LogP contribution in [0.1, 0.15) is 63.5 Å². The summed E-state index contributed by atoms with van der Waals surface area (Å²) >= 11 is 0. The van der Waals surface area contributed by atoms with Crippen LogP contribution in [-0.4, -0.2) is 34.2 Å². The number of carbonyl (C=O) groups excluding carboxylic acids is 2. The molecule has 1 fully saturated rings. The van der Waals surface area contributed by atoms with E-state index in [1.807, 2.05) is 30.3 Å². The first-order valence-corrected chi connectivity index (χ1v) is 12.6. The topological polar surface area (TPSA) is 116 Å². The zero-order valence-corrected chi connectivity index (χ0v) is 21.0. The van der Waals surface area contributed by atoms with E-state index < -0.39 is 16.4 Å². The van der Waals surface area contributed by atoms with Gasteiger partial charge in [-0.25, -0.2) is 0 Å². The van der Waals surface area contributed by atoms with Crippen molar-refractivity contribution in [3.05, 3.63) is 75.8 Å². The summed E-state index contributed by atoms with van der Waals surface area (Å²) in [6, 6.07) is 17.9. The predicted octanol–water partition coefficient (Wildman–Crippen LogP) is 4.88. The fourth-order valence-electron chi connectivity index (χ4n) is 4.96. The molecule has 1 saturated heterocycles. The Bertz CT molecular complexity index is 1090. The van der Waals surface area contributed by atoms with Crippen molar-refractivity contribution in [3.63, 3.8) is 0 Å². The van der Waals surface area contributed by atoms with Crippen molar-refractivity contribution < 1.29 is 14.5 Å². The van der Waals surface area contributed by atoms with E-state index in [2.05, 4.69) is 25.2 Å². The van der Waals surface area contributed by atoms with Crippen LogP contribution in [0.4, 0.5) is 5.69 Å². The molecule has 0 saturated carbocycles. The minimum atomic E-state index is -0.585. The van der Waals surface area contributed by atoms with E-state index in [4.69, 9.17) is 0 Å². The van der Waals surface area contributed by atoms with Crippen molar-refractivity contribution >= 4 is 17.5 Å². The van der Waals surface area contributed by atoms with Crippen LogP contribution in [0.15, 0.2) is 54.6 Å². The Morgan fingerprint density at radius 3 is 2.47 bits per heavy atom. The second kappa shape index (κ2) is 12.3. The van der Waals surface area contributed by atoms with E-state index in [0.29, 0.717) is 32.2 Å². The molecule has 0 radical (unpaired) electrons. The van der Waals surface area contributed by atoms with Gasteiger partial charge in [0.25, 0.3) is 5.69 Å². The van der Waals surface area contributed by atoms with Crippen molar-refractivity contribution in [2.24, 2.45) is 5.92 Å². The SMILES string of the molecule is CC(C)C(C#N)(CCCCC(=O)N1CCC[C@@H]1C(=O)NCc1ccc([N+](=O)[O-])cc1)c1ccccc1. The van der Waals surface area contributed by atoms with E-state index in [0.717, 1.165) is 24.0 Å². The first kappa shape index (κ1) is 26.9. The van der Waals surface area contributed by atoms with Gasteiger partial charge in [-0.2, -0.15) is 5.26 Å². The molecule has 3 rings (SSSR count). The molecule has 8 nitrogen and oxygen atoms in total. The third-order valence-electron chi connectivity index (χ3n) is 7.18. The molecule has 1 heterocycles. The average Bonchev–Trinajstić information content (AvgIpc) is 3.38. The number of rotatable bonds is 11. The van der Waals surface area contributed by atoms with E-state index in [1.165, 1.54) is 12.1 Å². The zero-order chi connectivity index (χ0) is 26.1. The molecule has 2 aromatic rings. The van der Waals surface area contributed by atoms with Gasteiger partial charge < -0.3 is 10.2 Å². The molecular weight excluding hydrogens is 456 g/mol. The van der Waals surface area contributed by atoms with Gasteiger partial charge in [-0.1, -0.05) is 62.7 Å². The van der Waals surface area contributed by atoms with Gasteiger partial charge in [0.2, 0.25) is 11.8 Å². The molecule has 2 aromatic carbocycles. The number of hydrogen-bond acceptors (Lipinski definition) is 5. The number of non-ortho nitro benzene ring substituents is 1. The number of nitrogens with one attached hydrogen (secondary N) is 1. The Balaban J connectivity index is 1.50. The maximum atomic E-state index is 13.0. The molecule has 0 spiro atoms. The van der Waals surface area contributed by atoms with Crippen molar-refractivity contribution in [2.75, 3.05) is 6.54 Å². The summed E-state index contributed by atoms with van der Waals surface area (Å²) in [5.74, 6) is -0.0931. The van der Waals surface area contributed by atoms with Crippen molar-refractivity contribution in [2.45, 2.75) is 70.4 Å². The number of likely N-dealkylation sites (tertiary alicyclic amines) is 1. The first-order valence-electron chi connectivity index (χ1n) is 12.6. The highest BCUT2D eigenvalue weighted by molar-refractivity contribution is 5.88. The van der Waals surface area contributed by atoms with Crippen LogP contribution in [0.25, 0.3) is 0 Å². The zero-order valence-electron chi connectivity index (χ0n) is 21.0. The van der Waals surface area contributed by atoms with Crippen LogP contribution in [0.3, 0.4) is 0 Å². The molecule has 0 bridgehead atoms. The fourth-order valence-corrected chi connectivity index (χ4v) is 4.96. The van der Waals surface area contributed by atoms with Crippen LogP contribution < -0.4 is 5.32 Å². The highest BCUT2D eigenvalue weighted by Gasteiger charge is 2.36. The van der Waals surface area contributed by atoms with Crippen molar-refractivity contribution in [1.82, 2.24) is 10.2 Å². The van der Waals surface area contributed by atoms with Gasteiger partial charge in [0.15, 0.2) is 0 Å². The fraction of sp³-hybridized carbons (Fsp3) is 0.464. The summed E-state index contributed by atoms with van der Waals surface area (Å²) in [5.41, 5.74) is 1.19. The number of nitrogens with zero attached hydrogens (tertiary/aromatic N) is 3. The summed E-state index contributed by atoms with van der Waals surface area (Å²) in [7, 11) is 0. The predicted molar refractivity (Wildman–Crippen MR) is 137 cm³/mol. The molecular formula is C28H34N4O4. The number of nitro benzene ring substituents is 1. The van der Waals surface area contributed by atoms with E-state index >= 15 is 0 Å². The number of hydrogen-bond donors (Lipinski definition) is 1. The summed E-state index contributed by atoms with van der Waals surface area (Å²) < 4.78 is 0. The summed E-state index contributed by atoms with van der Waals surface area (Å²) in [4.78, 5) is 37.7. The number of nitro groups is 1. The molecule has 2 amide bonds. The van der Waals surface area contributed by atoms with Gasteiger partial charge in [0, 0.05) is 31.6 Å². The number of benzene rings is 2. The second-order valence-electron chi connectivity index (χ2n) is 9.70. The molecule has 1 N–H and O–H groups in total. The largest absolute Gasteiger partial charge is 0.350 e. The van der Waals surface area contributed by atoms with E-state index in [-0.39, 0.29) is 30.0 Å². The molecule has 0 aromatic heterocycles. The molecule has 8 heteroatoms. The lowest BCUT2D eigenvalue weighted by atomic mass is 9.69. The van der Waals surface area contributed by atoms with Gasteiger partial charge in [0.1, 0.15) is 6.04 Å². The maximum Gasteiger partial charge on any atom is 0.269 e. The third kappa shape index (κ3) is 6.28. The van der Waals surface area contributed by atoms with E-state index in [9.17, 15) is 25.0 Å². The lowest BCUT2D eigenvalue weighted by Gasteiger charge is -2.31. The quantitative estimate of drug-likeness (QED) is 0.274. The number of nitriles is 1. The van der Waals surface area contributed by atoms with Gasteiger partial charge in [-0.3, -0.25) is 19.7 Å². The monoisotopic (exact) mass is 490 g/mol. The Hall–Kier alpha value is -3.73. The Labute approximate surface area is 212 Å². The Morgan fingerprint density at radius 2 is 1.86 bits per heavy atom. The Morgan fingerprint density at radius 1 is 1.17 bits per heavy atom. The van der Waals surface area contributed by atoms with E-state index in [1.54, 1.807) is 17.0 Å². The molecule has 1 aliphatic rings. The smallest absolute Gasteiger partial charge is 0.269 e. The number of amides is 2. The summed E-state index contributed by atoms with van der Waals surface area (Å²) in [6.45, 7) is 4.93. The summed E-state index contributed by atoms with van der Waals surface area (Å²) in [6.07, 6.45) is 3.84. The van der Waals surface area contributed by atoms with Crippen LogP contribution in [0, 0.1) is 27.4 Å². The van der Waals surface area contributed by atoms with Gasteiger partial charge >= 0.3 is 0 Å². The summed E-state index contributed by atoms with van der Waals surface area (Å²) in [5, 5.41) is 23.7. The van der Waals surface area contributed by atoms with Gasteiger partial charge in [-0.15, -0.1) is 0 Å². The number of unbranched alkanes of at least 4 members (excludes halogenated alkanes) is 1. The van der Waals surface area contributed by atoms with Crippen molar-refractivity contribution in [1.29, 1.82) is 5.26 Å². The van der Waals surface area contributed by atoms with Gasteiger partial charge in [-0.05, 0) is 42.7 Å².